The number of aromatic nitrogens is 2. The number of nitriles is 1. The molecule has 1 aliphatic heterocycles. The van der Waals surface area contributed by atoms with Crippen LogP contribution in [0.25, 0.3) is 0 Å². The molecule has 0 amide bonds. The molecular formula is C19H22N6O. The first kappa shape index (κ1) is 17.8. The summed E-state index contributed by atoms with van der Waals surface area (Å²) in [7, 11) is 0. The summed E-state index contributed by atoms with van der Waals surface area (Å²) in [6.45, 7) is 7.55. The first-order valence-corrected chi connectivity index (χ1v) is 8.77. The highest BCUT2D eigenvalue weighted by Gasteiger charge is 2.15. The predicted octanol–water partition coefficient (Wildman–Crippen LogP) is 2.46. The van der Waals surface area contributed by atoms with Crippen molar-refractivity contribution in [3.8, 4) is 6.07 Å². The summed E-state index contributed by atoms with van der Waals surface area (Å²) in [6, 6.07) is 11.5. The molecule has 0 radical (unpaired) electrons. The van der Waals surface area contributed by atoms with Gasteiger partial charge in [0.05, 0.1) is 6.07 Å². The molecule has 7 nitrogen and oxygen atoms in total. The molecule has 0 aliphatic carbocycles. The van der Waals surface area contributed by atoms with Crippen LogP contribution in [0.5, 0.6) is 0 Å². The number of carbonyl (C=O) groups is 1. The molecule has 1 fully saturated rings. The van der Waals surface area contributed by atoms with Crippen LogP contribution >= 0.6 is 0 Å². The van der Waals surface area contributed by atoms with E-state index in [9.17, 15) is 4.79 Å². The van der Waals surface area contributed by atoms with E-state index in [1.54, 1.807) is 0 Å². The van der Waals surface area contributed by atoms with Gasteiger partial charge < -0.3 is 15.1 Å². The molecule has 0 saturated carbocycles. The molecule has 0 atom stereocenters. The summed E-state index contributed by atoms with van der Waals surface area (Å²) >= 11 is 0. The van der Waals surface area contributed by atoms with E-state index in [4.69, 9.17) is 5.26 Å². The first-order chi connectivity index (χ1) is 12.7. The number of hydrogen-bond acceptors (Lipinski definition) is 7. The minimum Gasteiger partial charge on any atom is -0.369 e. The third kappa shape index (κ3) is 4.35. The minimum absolute atomic E-state index is 0.184. The number of anilines is 3. The lowest BCUT2D eigenvalue weighted by Crippen LogP contribution is -2.46. The van der Waals surface area contributed by atoms with Crippen molar-refractivity contribution >= 4 is 23.1 Å². The average molecular weight is 350 g/mol. The molecule has 0 unspecified atom stereocenters. The fourth-order valence-electron chi connectivity index (χ4n) is 2.94. The van der Waals surface area contributed by atoms with E-state index in [1.807, 2.05) is 18.2 Å². The van der Waals surface area contributed by atoms with E-state index in [0.29, 0.717) is 5.95 Å². The number of piperazine rings is 1. The van der Waals surface area contributed by atoms with E-state index in [0.717, 1.165) is 38.4 Å². The molecule has 1 aromatic carbocycles. The summed E-state index contributed by atoms with van der Waals surface area (Å²) < 4.78 is 0. The highest BCUT2D eigenvalue weighted by molar-refractivity contribution is 5.95. The number of rotatable bonds is 6. The SMILES string of the molecule is CCN1CCN(c2ccc(Nc3nccc(C(=O)CC#N)n3)cc2)CC1. The van der Waals surface area contributed by atoms with E-state index >= 15 is 0 Å². The largest absolute Gasteiger partial charge is 0.369 e. The topological polar surface area (TPSA) is 85.1 Å². The minimum atomic E-state index is -0.306. The zero-order chi connectivity index (χ0) is 18.4. The molecule has 0 bridgehead atoms. The maximum absolute atomic E-state index is 11.8. The molecular weight excluding hydrogens is 328 g/mol. The van der Waals surface area contributed by atoms with Crippen molar-refractivity contribution in [3.05, 3.63) is 42.2 Å². The third-order valence-corrected chi connectivity index (χ3v) is 4.49. The Kier molecular flexibility index (Phi) is 5.77. The Morgan fingerprint density at radius 3 is 2.58 bits per heavy atom. The maximum atomic E-state index is 11.8. The second-order valence-electron chi connectivity index (χ2n) is 6.12. The van der Waals surface area contributed by atoms with Gasteiger partial charge in [0.25, 0.3) is 0 Å². The zero-order valence-corrected chi connectivity index (χ0v) is 14.9. The van der Waals surface area contributed by atoms with Crippen LogP contribution in [0.1, 0.15) is 23.8 Å². The number of nitrogens with zero attached hydrogens (tertiary/aromatic N) is 5. The maximum Gasteiger partial charge on any atom is 0.227 e. The molecule has 7 heteroatoms. The Morgan fingerprint density at radius 2 is 1.92 bits per heavy atom. The summed E-state index contributed by atoms with van der Waals surface area (Å²) in [4.78, 5) is 24.9. The molecule has 0 spiro atoms. The number of ketones is 1. The predicted molar refractivity (Wildman–Crippen MR) is 101 cm³/mol. The molecule has 1 N–H and O–H groups in total. The fraction of sp³-hybridized carbons (Fsp3) is 0.368. The van der Waals surface area contributed by atoms with Crippen LogP contribution in [-0.2, 0) is 0 Å². The number of Topliss-reactive ketones (excluding diaryl/α,β-unsaturated/α-hetero) is 1. The van der Waals surface area contributed by atoms with Gasteiger partial charge in [0.1, 0.15) is 12.1 Å². The lowest BCUT2D eigenvalue weighted by Gasteiger charge is -2.35. The normalized spacial score (nSPS) is 14.7. The van der Waals surface area contributed by atoms with Gasteiger partial charge in [0.15, 0.2) is 5.78 Å². The van der Waals surface area contributed by atoms with Crippen LogP contribution < -0.4 is 10.2 Å². The lowest BCUT2D eigenvalue weighted by atomic mass is 10.2. The molecule has 1 aromatic heterocycles. The van der Waals surface area contributed by atoms with Crippen molar-refractivity contribution in [2.45, 2.75) is 13.3 Å². The fourth-order valence-corrected chi connectivity index (χ4v) is 2.94. The van der Waals surface area contributed by atoms with E-state index in [1.165, 1.54) is 18.0 Å². The number of likely N-dealkylation sites (N-methyl/N-ethyl adjacent to an activating group) is 1. The van der Waals surface area contributed by atoms with Crippen LogP contribution in [0.4, 0.5) is 17.3 Å². The summed E-state index contributed by atoms with van der Waals surface area (Å²) in [5, 5.41) is 11.7. The lowest BCUT2D eigenvalue weighted by molar-refractivity contribution is 0.0993. The number of hydrogen-bond donors (Lipinski definition) is 1. The zero-order valence-electron chi connectivity index (χ0n) is 14.9. The van der Waals surface area contributed by atoms with Crippen molar-refractivity contribution in [2.24, 2.45) is 0 Å². The quantitative estimate of drug-likeness (QED) is 0.801. The van der Waals surface area contributed by atoms with Crippen LogP contribution in [0.2, 0.25) is 0 Å². The Labute approximate surface area is 153 Å². The van der Waals surface area contributed by atoms with Crippen LogP contribution in [0.15, 0.2) is 36.5 Å². The highest BCUT2D eigenvalue weighted by atomic mass is 16.1. The van der Waals surface area contributed by atoms with Gasteiger partial charge >= 0.3 is 0 Å². The standard InChI is InChI=1S/C19H22N6O/c1-2-24-11-13-25(14-12-24)16-5-3-15(4-6-16)22-19-21-10-8-17(23-19)18(26)7-9-20/h3-6,8,10H,2,7,11-14H2,1H3,(H,21,22,23). The highest BCUT2D eigenvalue weighted by Crippen LogP contribution is 2.21. The monoisotopic (exact) mass is 350 g/mol. The van der Waals surface area contributed by atoms with Gasteiger partial charge in [-0.2, -0.15) is 5.26 Å². The van der Waals surface area contributed by atoms with Gasteiger partial charge in [-0.25, -0.2) is 9.97 Å². The molecule has 2 heterocycles. The average Bonchev–Trinajstić information content (AvgIpc) is 2.69. The smallest absolute Gasteiger partial charge is 0.227 e. The molecule has 26 heavy (non-hydrogen) atoms. The van der Waals surface area contributed by atoms with Crippen molar-refractivity contribution in [3.63, 3.8) is 0 Å². The van der Waals surface area contributed by atoms with Crippen LogP contribution in [0, 0.1) is 11.3 Å². The van der Waals surface area contributed by atoms with E-state index in [2.05, 4.69) is 44.1 Å². The van der Waals surface area contributed by atoms with Gasteiger partial charge in [-0.1, -0.05) is 6.92 Å². The Hall–Kier alpha value is -2.98. The van der Waals surface area contributed by atoms with Gasteiger partial charge in [-0.3, -0.25) is 4.79 Å². The second-order valence-corrected chi connectivity index (χ2v) is 6.12. The van der Waals surface area contributed by atoms with Gasteiger partial charge in [0.2, 0.25) is 5.95 Å². The van der Waals surface area contributed by atoms with Crippen LogP contribution in [-0.4, -0.2) is 53.4 Å². The Bertz CT molecular complexity index is 790. The molecule has 2 aromatic rings. The second kappa shape index (κ2) is 8.41. The van der Waals surface area contributed by atoms with Gasteiger partial charge in [-0.05, 0) is 36.9 Å². The van der Waals surface area contributed by atoms with E-state index < -0.39 is 0 Å². The number of benzene rings is 1. The van der Waals surface area contributed by atoms with Crippen LogP contribution in [0.3, 0.4) is 0 Å². The summed E-state index contributed by atoms with van der Waals surface area (Å²) in [5.74, 6) is 0.0395. The van der Waals surface area contributed by atoms with Crippen molar-refractivity contribution in [1.29, 1.82) is 5.26 Å². The van der Waals surface area contributed by atoms with Gasteiger partial charge in [-0.15, -0.1) is 0 Å². The molecule has 1 aliphatic rings. The number of carbonyl (C=O) groups excluding carboxylic acids is 1. The molecule has 1 saturated heterocycles. The summed E-state index contributed by atoms with van der Waals surface area (Å²) in [6.07, 6.45) is 1.33. The first-order valence-electron chi connectivity index (χ1n) is 8.77. The summed E-state index contributed by atoms with van der Waals surface area (Å²) in [5.41, 5.74) is 2.30. The number of nitrogens with one attached hydrogen (secondary N) is 1. The molecule has 3 rings (SSSR count). The Balaban J connectivity index is 1.64. The van der Waals surface area contributed by atoms with Crippen molar-refractivity contribution in [2.75, 3.05) is 42.9 Å². The van der Waals surface area contributed by atoms with E-state index in [-0.39, 0.29) is 17.9 Å². The van der Waals surface area contributed by atoms with Gasteiger partial charge in [0, 0.05) is 43.8 Å². The molecule has 134 valence electrons. The van der Waals surface area contributed by atoms with Crippen molar-refractivity contribution in [1.82, 2.24) is 14.9 Å². The third-order valence-electron chi connectivity index (χ3n) is 4.49. The van der Waals surface area contributed by atoms with Crippen molar-refractivity contribution < 1.29 is 4.79 Å². The Morgan fingerprint density at radius 1 is 1.19 bits per heavy atom.